The molecule has 0 atom stereocenters. The number of carbonyl (C=O) groups excluding carboxylic acids is 2. The van der Waals surface area contributed by atoms with Crippen LogP contribution in [0.2, 0.25) is 0 Å². The maximum atomic E-state index is 11.6. The zero-order valence-corrected chi connectivity index (χ0v) is 21.3. The van der Waals surface area contributed by atoms with Gasteiger partial charge in [-0.3, -0.25) is 4.79 Å². The number of ketones is 1. The third-order valence-corrected chi connectivity index (χ3v) is 4.70. The third kappa shape index (κ3) is 33.4. The number of carboxylic acid groups (broad SMARTS) is 1. The molecule has 0 aliphatic carbocycles. The van der Waals surface area contributed by atoms with Crippen molar-refractivity contribution in [2.75, 3.05) is 6.61 Å². The van der Waals surface area contributed by atoms with E-state index in [9.17, 15) is 14.4 Å². The number of rotatable bonds is 19. The van der Waals surface area contributed by atoms with Gasteiger partial charge in [0.15, 0.2) is 12.4 Å². The van der Waals surface area contributed by atoms with Gasteiger partial charge in [-0.15, -0.1) is 0 Å². The summed E-state index contributed by atoms with van der Waals surface area (Å²) in [4.78, 5) is 33.0. The summed E-state index contributed by atoms with van der Waals surface area (Å²) in [5.41, 5.74) is 0. The van der Waals surface area contributed by atoms with Crippen molar-refractivity contribution in [1.82, 2.24) is 0 Å². The zero-order chi connectivity index (χ0) is 24.6. The third-order valence-electron chi connectivity index (χ3n) is 4.70. The van der Waals surface area contributed by atoms with E-state index in [-0.39, 0.29) is 5.78 Å². The summed E-state index contributed by atoms with van der Waals surface area (Å²) in [5.74, 6) is -1.30. The van der Waals surface area contributed by atoms with Crippen LogP contribution in [0.3, 0.4) is 0 Å². The number of allylic oxidation sites excluding steroid dienone is 1. The van der Waals surface area contributed by atoms with Gasteiger partial charge in [0.25, 0.3) is 0 Å². The summed E-state index contributed by atoms with van der Waals surface area (Å²) in [6.45, 7) is 3.90. The van der Waals surface area contributed by atoms with E-state index < -0.39 is 37.2 Å². The number of hydrogen-bond acceptors (Lipinski definition) is 5. The number of hydrogen-bond donors (Lipinski definition) is 3. The van der Waals surface area contributed by atoms with Crippen LogP contribution in [-0.2, 0) is 41.1 Å². The van der Waals surface area contributed by atoms with Crippen molar-refractivity contribution >= 4 is 17.7 Å². The Kier molecular flexibility index (Phi) is 25.2. The molecule has 0 aromatic rings. The first-order chi connectivity index (χ1) is 15.1. The molecule has 0 aliphatic rings. The second kappa shape index (κ2) is 24.4. The van der Waals surface area contributed by atoms with Gasteiger partial charge in [0.1, 0.15) is 0 Å². The van der Waals surface area contributed by atoms with Gasteiger partial charge >= 0.3 is 41.3 Å². The fourth-order valence-corrected chi connectivity index (χ4v) is 3.04. The number of unbranched alkanes of at least 4 members (excludes halogenated alkanes) is 11. The van der Waals surface area contributed by atoms with Gasteiger partial charge in [-0.1, -0.05) is 90.9 Å². The van der Waals surface area contributed by atoms with Crippen LogP contribution < -0.4 is 0 Å². The molecular formula is C23H42O8Ti. The first kappa shape index (κ1) is 33.0. The monoisotopic (exact) mass is 494 g/mol. The van der Waals surface area contributed by atoms with Gasteiger partial charge < -0.3 is 9.84 Å². The summed E-state index contributed by atoms with van der Waals surface area (Å²) < 4.78 is 27.7. The molecule has 3 N–H and O–H groups in total. The zero-order valence-electron chi connectivity index (χ0n) is 19.7. The van der Waals surface area contributed by atoms with E-state index >= 15 is 0 Å². The molecule has 186 valence electrons. The standard InChI is InChI=1S/C23H40O5.2H2O.O.Ti/c1-20(2)15-13-11-9-7-5-3-4-6-8-10-12-14-16-21(24)17-18-23(27)28-19-22(25)26;;;;/h17-18,20H,3-16,19H2,1-2H3,(H,25,26);2*1H2;;/q;;;;+2/p-2. The summed E-state index contributed by atoms with van der Waals surface area (Å²) in [6, 6.07) is 0. The van der Waals surface area contributed by atoms with Gasteiger partial charge in [-0.2, -0.15) is 0 Å². The van der Waals surface area contributed by atoms with Crippen molar-refractivity contribution in [2.24, 2.45) is 5.92 Å². The molecular weight excluding hydrogens is 452 g/mol. The van der Waals surface area contributed by atoms with Crippen molar-refractivity contribution < 1.29 is 53.5 Å². The summed E-state index contributed by atoms with van der Waals surface area (Å²) in [7, 11) is 0. The topological polar surface area (TPSA) is 138 Å². The van der Waals surface area contributed by atoms with Crippen LogP contribution in [0, 0.1) is 5.92 Å². The van der Waals surface area contributed by atoms with E-state index in [2.05, 4.69) is 18.6 Å². The number of esters is 1. The van der Waals surface area contributed by atoms with Crippen molar-refractivity contribution in [3.8, 4) is 0 Å². The Morgan fingerprint density at radius 3 is 1.59 bits per heavy atom. The number of aliphatic carboxylic acids is 1. The van der Waals surface area contributed by atoms with Crippen LogP contribution in [0.4, 0.5) is 0 Å². The summed E-state index contributed by atoms with van der Waals surface area (Å²) >= 11 is -3.58. The molecule has 0 saturated heterocycles. The van der Waals surface area contributed by atoms with Crippen molar-refractivity contribution in [1.29, 1.82) is 0 Å². The average molecular weight is 494 g/mol. The number of carboxylic acids is 1. The van der Waals surface area contributed by atoms with Gasteiger partial charge in [0.2, 0.25) is 0 Å². The minimum absolute atomic E-state index is 0.124. The molecule has 0 aromatic carbocycles. The van der Waals surface area contributed by atoms with E-state index in [4.69, 9.17) is 15.8 Å². The van der Waals surface area contributed by atoms with Gasteiger partial charge in [0, 0.05) is 12.5 Å². The molecule has 0 amide bonds. The molecule has 0 bridgehead atoms. The van der Waals surface area contributed by atoms with Crippen molar-refractivity contribution in [3.05, 3.63) is 12.2 Å². The van der Waals surface area contributed by atoms with E-state index in [1.54, 1.807) is 0 Å². The van der Waals surface area contributed by atoms with Gasteiger partial charge in [-0.05, 0) is 18.4 Å². The fourth-order valence-electron chi connectivity index (χ4n) is 3.04. The van der Waals surface area contributed by atoms with Crippen LogP contribution >= 0.6 is 0 Å². The van der Waals surface area contributed by atoms with Crippen LogP contribution in [0.5, 0.6) is 0 Å². The Labute approximate surface area is 199 Å². The van der Waals surface area contributed by atoms with E-state index in [0.29, 0.717) is 6.42 Å². The van der Waals surface area contributed by atoms with Crippen LogP contribution in [-0.4, -0.2) is 36.8 Å². The molecule has 9 heteroatoms. The summed E-state index contributed by atoms with van der Waals surface area (Å²) in [6.07, 6.45) is 19.0. The average Bonchev–Trinajstić information content (AvgIpc) is 2.70. The number of ether oxygens (including phenoxy) is 1. The molecule has 32 heavy (non-hydrogen) atoms. The quantitative estimate of drug-likeness (QED) is 0.102. The molecule has 0 rings (SSSR count). The Hall–Kier alpha value is -1.22. The summed E-state index contributed by atoms with van der Waals surface area (Å²) in [5, 5.41) is 8.37. The molecule has 0 fully saturated rings. The van der Waals surface area contributed by atoms with Crippen LogP contribution in [0.15, 0.2) is 12.2 Å². The molecule has 0 radical (unpaired) electrons. The van der Waals surface area contributed by atoms with Gasteiger partial charge in [-0.25, -0.2) is 9.59 Å². The molecule has 0 aliphatic heterocycles. The predicted octanol–water partition coefficient (Wildman–Crippen LogP) is 4.62. The first-order valence-corrected chi connectivity index (χ1v) is 13.7. The minimum atomic E-state index is -3.58. The predicted molar refractivity (Wildman–Crippen MR) is 117 cm³/mol. The van der Waals surface area contributed by atoms with Crippen molar-refractivity contribution in [2.45, 2.75) is 104 Å². The van der Waals surface area contributed by atoms with E-state index in [1.807, 2.05) is 0 Å². The molecule has 0 saturated carbocycles. The first-order valence-electron chi connectivity index (χ1n) is 11.7. The fraction of sp³-hybridized carbons (Fsp3) is 0.783. The Morgan fingerprint density at radius 2 is 1.19 bits per heavy atom. The SMILES string of the molecule is CC(C)CCCCCCCCCCCCCCC(=O)C=CC(=O)OCC(=O)O.[O]=[Ti]([OH])[OH]. The van der Waals surface area contributed by atoms with E-state index in [0.717, 1.165) is 31.3 Å². The number of carbonyl (C=O) groups is 3. The normalized spacial score (nSPS) is 10.7. The molecule has 8 nitrogen and oxygen atoms in total. The molecule has 0 spiro atoms. The molecule has 0 aromatic heterocycles. The molecule has 0 unspecified atom stereocenters. The van der Waals surface area contributed by atoms with Crippen LogP contribution in [0.25, 0.3) is 0 Å². The second-order valence-electron chi connectivity index (χ2n) is 8.26. The molecule has 0 heterocycles. The van der Waals surface area contributed by atoms with E-state index in [1.165, 1.54) is 70.3 Å². The Balaban J connectivity index is 0. The maximum absolute atomic E-state index is 11.6. The van der Waals surface area contributed by atoms with Crippen molar-refractivity contribution in [3.63, 3.8) is 0 Å². The van der Waals surface area contributed by atoms with Gasteiger partial charge in [0.05, 0.1) is 0 Å². The Bertz CT molecular complexity index is 542. The Morgan fingerprint density at radius 1 is 0.781 bits per heavy atom. The van der Waals surface area contributed by atoms with Crippen LogP contribution in [0.1, 0.15) is 104 Å². The second-order valence-corrected chi connectivity index (χ2v) is 9.14.